The van der Waals surface area contributed by atoms with Crippen LogP contribution in [0.5, 0.6) is 0 Å². The monoisotopic (exact) mass is 441 g/mol. The van der Waals surface area contributed by atoms with Gasteiger partial charge in [-0.2, -0.15) is 0 Å². The summed E-state index contributed by atoms with van der Waals surface area (Å²) in [5.41, 5.74) is 1.68. The summed E-state index contributed by atoms with van der Waals surface area (Å²) in [6, 6.07) is 17.5. The molecular weight excluding hydrogens is 421 g/mol. The number of halogens is 1. The van der Waals surface area contributed by atoms with Crippen molar-refractivity contribution >= 4 is 33.2 Å². The van der Waals surface area contributed by atoms with Gasteiger partial charge in [-0.15, -0.1) is 0 Å². The summed E-state index contributed by atoms with van der Waals surface area (Å²) in [6.45, 7) is 1.62. The lowest BCUT2D eigenvalue weighted by molar-refractivity contribution is -0.114. The molecule has 0 bridgehead atoms. The zero-order chi connectivity index (χ0) is 22.4. The largest absolute Gasteiger partial charge is 0.348 e. The molecule has 0 saturated carbocycles. The third-order valence-electron chi connectivity index (χ3n) is 4.27. The number of amides is 2. The van der Waals surface area contributed by atoms with Crippen LogP contribution in [0, 0.1) is 5.82 Å². The van der Waals surface area contributed by atoms with Gasteiger partial charge in [0.05, 0.1) is 16.1 Å². The van der Waals surface area contributed by atoms with Crippen LogP contribution in [0.15, 0.2) is 77.7 Å². The molecule has 0 aliphatic carbocycles. The van der Waals surface area contributed by atoms with Crippen molar-refractivity contribution < 1.29 is 22.4 Å². The number of carbonyl (C=O) groups excluding carboxylic acids is 2. The highest BCUT2D eigenvalue weighted by Crippen LogP contribution is 2.20. The number of anilines is 2. The van der Waals surface area contributed by atoms with Gasteiger partial charge in [0.2, 0.25) is 5.91 Å². The molecule has 9 heteroatoms. The van der Waals surface area contributed by atoms with Crippen LogP contribution in [0.3, 0.4) is 0 Å². The lowest BCUT2D eigenvalue weighted by Crippen LogP contribution is -2.25. The number of rotatable bonds is 7. The molecule has 3 rings (SSSR count). The first-order chi connectivity index (χ1) is 14.7. The van der Waals surface area contributed by atoms with Crippen molar-refractivity contribution in [1.82, 2.24) is 5.32 Å². The summed E-state index contributed by atoms with van der Waals surface area (Å²) >= 11 is 0. The highest BCUT2D eigenvalue weighted by atomic mass is 32.2. The van der Waals surface area contributed by atoms with Crippen LogP contribution in [-0.4, -0.2) is 20.2 Å². The van der Waals surface area contributed by atoms with E-state index in [1.54, 1.807) is 36.4 Å². The zero-order valence-corrected chi connectivity index (χ0v) is 17.4. The van der Waals surface area contributed by atoms with E-state index < -0.39 is 21.7 Å². The first-order valence-electron chi connectivity index (χ1n) is 9.27. The van der Waals surface area contributed by atoms with Crippen LogP contribution in [0.2, 0.25) is 0 Å². The molecule has 2 amide bonds. The maximum absolute atomic E-state index is 13.1. The standard InChI is InChI=1S/C22H20FN3O4S/c1-15(27)25-18-10-6-16(7-11-18)14-24-22(28)20-4-2-3-5-21(20)26-31(29,30)19-12-8-17(23)9-13-19/h2-13,26H,14H2,1H3,(H,24,28)(H,25,27). The van der Waals surface area contributed by atoms with Gasteiger partial charge in [-0.3, -0.25) is 14.3 Å². The summed E-state index contributed by atoms with van der Waals surface area (Å²) in [5.74, 6) is -1.20. The number of sulfonamides is 1. The molecule has 0 aliphatic rings. The van der Waals surface area contributed by atoms with E-state index >= 15 is 0 Å². The Hall–Kier alpha value is -3.72. The lowest BCUT2D eigenvalue weighted by Gasteiger charge is -2.13. The highest BCUT2D eigenvalue weighted by molar-refractivity contribution is 7.92. The molecule has 0 aromatic heterocycles. The summed E-state index contributed by atoms with van der Waals surface area (Å²) < 4.78 is 40.6. The average Bonchev–Trinajstić information content (AvgIpc) is 2.73. The van der Waals surface area contributed by atoms with Crippen molar-refractivity contribution in [3.8, 4) is 0 Å². The Morgan fingerprint density at radius 2 is 1.55 bits per heavy atom. The molecule has 160 valence electrons. The second-order valence-corrected chi connectivity index (χ2v) is 8.35. The normalized spacial score (nSPS) is 10.9. The fourth-order valence-corrected chi connectivity index (χ4v) is 3.85. The van der Waals surface area contributed by atoms with E-state index in [2.05, 4.69) is 15.4 Å². The van der Waals surface area contributed by atoms with Crippen molar-refractivity contribution in [2.45, 2.75) is 18.4 Å². The van der Waals surface area contributed by atoms with Crippen molar-refractivity contribution in [2.75, 3.05) is 10.0 Å². The van der Waals surface area contributed by atoms with Crippen LogP contribution >= 0.6 is 0 Å². The van der Waals surface area contributed by atoms with Gasteiger partial charge in [0, 0.05) is 19.2 Å². The van der Waals surface area contributed by atoms with Crippen LogP contribution in [0.25, 0.3) is 0 Å². The van der Waals surface area contributed by atoms with Crippen LogP contribution in [0.4, 0.5) is 15.8 Å². The van der Waals surface area contributed by atoms with Gasteiger partial charge in [-0.05, 0) is 54.1 Å². The van der Waals surface area contributed by atoms with Gasteiger partial charge < -0.3 is 10.6 Å². The molecule has 0 radical (unpaired) electrons. The molecule has 0 unspecified atom stereocenters. The van der Waals surface area contributed by atoms with Crippen molar-refractivity contribution in [2.24, 2.45) is 0 Å². The summed E-state index contributed by atoms with van der Waals surface area (Å²) in [4.78, 5) is 23.6. The number of nitrogens with one attached hydrogen (secondary N) is 3. The topological polar surface area (TPSA) is 104 Å². The zero-order valence-electron chi connectivity index (χ0n) is 16.6. The Balaban J connectivity index is 1.71. The van der Waals surface area contributed by atoms with Crippen molar-refractivity contribution in [1.29, 1.82) is 0 Å². The molecule has 7 nitrogen and oxygen atoms in total. The molecule has 3 aromatic carbocycles. The molecule has 3 N–H and O–H groups in total. The number of carbonyl (C=O) groups is 2. The summed E-state index contributed by atoms with van der Waals surface area (Å²) in [5, 5.41) is 5.39. The molecule has 0 heterocycles. The minimum atomic E-state index is -4.00. The van der Waals surface area contributed by atoms with E-state index in [4.69, 9.17) is 0 Å². The second kappa shape index (κ2) is 9.40. The quantitative estimate of drug-likeness (QED) is 0.522. The first kappa shape index (κ1) is 22.0. The number of benzene rings is 3. The first-order valence-corrected chi connectivity index (χ1v) is 10.7. The fraction of sp³-hybridized carbons (Fsp3) is 0.0909. The van der Waals surface area contributed by atoms with E-state index in [1.807, 2.05) is 0 Å². The van der Waals surface area contributed by atoms with Gasteiger partial charge in [0.25, 0.3) is 15.9 Å². The van der Waals surface area contributed by atoms with Gasteiger partial charge in [0.15, 0.2) is 0 Å². The SMILES string of the molecule is CC(=O)Nc1ccc(CNC(=O)c2ccccc2NS(=O)(=O)c2ccc(F)cc2)cc1. The van der Waals surface area contributed by atoms with Gasteiger partial charge in [-0.1, -0.05) is 24.3 Å². The summed E-state index contributed by atoms with van der Waals surface area (Å²) in [7, 11) is -4.00. The molecule has 3 aromatic rings. The van der Waals surface area contributed by atoms with E-state index in [0.29, 0.717) is 5.69 Å². The number of hydrogen-bond acceptors (Lipinski definition) is 4. The minimum absolute atomic E-state index is 0.102. The Morgan fingerprint density at radius 3 is 2.19 bits per heavy atom. The third kappa shape index (κ3) is 5.89. The Kier molecular flexibility index (Phi) is 6.66. The van der Waals surface area contributed by atoms with E-state index in [1.165, 1.54) is 19.1 Å². The predicted octanol–water partition coefficient (Wildman–Crippen LogP) is 3.51. The average molecular weight is 441 g/mol. The molecular formula is C22H20FN3O4S. The molecule has 0 spiro atoms. The Labute approximate surface area is 179 Å². The molecule has 31 heavy (non-hydrogen) atoms. The van der Waals surface area contributed by atoms with E-state index in [0.717, 1.165) is 29.8 Å². The Bertz CT molecular complexity index is 1190. The maximum Gasteiger partial charge on any atom is 0.261 e. The highest BCUT2D eigenvalue weighted by Gasteiger charge is 2.18. The van der Waals surface area contributed by atoms with Gasteiger partial charge in [-0.25, -0.2) is 12.8 Å². The van der Waals surface area contributed by atoms with Crippen molar-refractivity contribution in [3.63, 3.8) is 0 Å². The van der Waals surface area contributed by atoms with Crippen LogP contribution in [-0.2, 0) is 21.4 Å². The minimum Gasteiger partial charge on any atom is -0.348 e. The Morgan fingerprint density at radius 1 is 0.903 bits per heavy atom. The van der Waals surface area contributed by atoms with Gasteiger partial charge in [0.1, 0.15) is 5.82 Å². The molecule has 0 saturated heterocycles. The number of para-hydroxylation sites is 1. The third-order valence-corrected chi connectivity index (χ3v) is 5.65. The van der Waals surface area contributed by atoms with Crippen LogP contribution < -0.4 is 15.4 Å². The van der Waals surface area contributed by atoms with Gasteiger partial charge >= 0.3 is 0 Å². The second-order valence-electron chi connectivity index (χ2n) is 6.67. The van der Waals surface area contributed by atoms with E-state index in [9.17, 15) is 22.4 Å². The van der Waals surface area contributed by atoms with E-state index in [-0.39, 0.29) is 28.6 Å². The summed E-state index contributed by atoms with van der Waals surface area (Å²) in [6.07, 6.45) is 0. The predicted molar refractivity (Wildman–Crippen MR) is 116 cm³/mol. The van der Waals surface area contributed by atoms with Crippen molar-refractivity contribution in [3.05, 3.63) is 89.7 Å². The lowest BCUT2D eigenvalue weighted by atomic mass is 10.1. The maximum atomic E-state index is 13.1. The molecule has 0 atom stereocenters. The smallest absolute Gasteiger partial charge is 0.261 e. The number of hydrogen-bond donors (Lipinski definition) is 3. The fourth-order valence-electron chi connectivity index (χ4n) is 2.77. The molecule has 0 aliphatic heterocycles. The molecule has 0 fully saturated rings. The van der Waals surface area contributed by atoms with Crippen LogP contribution in [0.1, 0.15) is 22.8 Å².